The van der Waals surface area contributed by atoms with E-state index >= 15 is 0 Å². The van der Waals surface area contributed by atoms with E-state index in [0.29, 0.717) is 38.5 Å². The molecule has 0 fully saturated rings. The molecule has 4 nitrogen and oxygen atoms in total. The lowest BCUT2D eigenvalue weighted by atomic mass is 10.0. The number of nitriles is 1. The van der Waals surface area contributed by atoms with E-state index < -0.39 is 5.91 Å². The molecule has 172 valence electrons. The van der Waals surface area contributed by atoms with Crippen LogP contribution in [0.15, 0.2) is 72.8 Å². The molecule has 1 amide bonds. The number of nitrogens with one attached hydrogen (secondary N) is 1. The molecule has 0 aliphatic rings. The zero-order chi connectivity index (χ0) is 24.7. The first-order valence-corrected chi connectivity index (χ1v) is 11.4. The summed E-state index contributed by atoms with van der Waals surface area (Å²) in [6.07, 6.45) is 3.83. The number of nitrogens with zero attached hydrogens (tertiary/aromatic N) is 1. The molecule has 3 aromatic carbocycles. The maximum absolute atomic E-state index is 12.7. The van der Waals surface area contributed by atoms with Crippen LogP contribution < -0.4 is 10.1 Å². The first-order chi connectivity index (χ1) is 16.3. The average molecular weight is 512 g/mol. The van der Waals surface area contributed by atoms with Gasteiger partial charge in [-0.15, -0.1) is 6.58 Å². The maximum atomic E-state index is 12.7. The van der Waals surface area contributed by atoms with Gasteiger partial charge in [-0.05, 0) is 72.5 Å². The van der Waals surface area contributed by atoms with Gasteiger partial charge in [0.15, 0.2) is 0 Å². The standard InChI is InChI=1S/C27H21Cl3N2O2/c1-3-5-19-12-18(8-11-26(19)34-16-20-9-10-22(28)14-24(20)30)13-21(15-31)27(33)32-25-7-4-6-23(29)17(25)2/h3-4,6-14H,1,5,16H2,2H3,(H,32,33)/b21-13+. The lowest BCUT2D eigenvalue weighted by Gasteiger charge is -2.13. The first-order valence-electron chi connectivity index (χ1n) is 10.3. The number of rotatable bonds is 8. The number of benzene rings is 3. The largest absolute Gasteiger partial charge is 0.489 e. The smallest absolute Gasteiger partial charge is 0.266 e. The molecule has 0 saturated carbocycles. The summed E-state index contributed by atoms with van der Waals surface area (Å²) in [6.45, 7) is 5.86. The van der Waals surface area contributed by atoms with Crippen molar-refractivity contribution in [3.8, 4) is 11.8 Å². The number of amides is 1. The molecule has 0 aliphatic carbocycles. The number of ether oxygens (including phenoxy) is 1. The van der Waals surface area contributed by atoms with Gasteiger partial charge in [-0.25, -0.2) is 0 Å². The zero-order valence-corrected chi connectivity index (χ0v) is 20.6. The molecule has 7 heteroatoms. The number of hydrogen-bond donors (Lipinski definition) is 1. The molecule has 3 rings (SSSR count). The van der Waals surface area contributed by atoms with Crippen LogP contribution in [0.25, 0.3) is 6.08 Å². The van der Waals surface area contributed by atoms with Crippen molar-refractivity contribution in [3.05, 3.63) is 110 Å². The van der Waals surface area contributed by atoms with Crippen molar-refractivity contribution >= 4 is 52.5 Å². The van der Waals surface area contributed by atoms with Gasteiger partial charge in [-0.1, -0.05) is 59.1 Å². The lowest BCUT2D eigenvalue weighted by molar-refractivity contribution is -0.112. The molecule has 0 radical (unpaired) electrons. The van der Waals surface area contributed by atoms with E-state index in [1.807, 2.05) is 18.2 Å². The molecule has 0 heterocycles. The van der Waals surface area contributed by atoms with Crippen LogP contribution in [0.3, 0.4) is 0 Å². The molecular formula is C27H21Cl3N2O2. The average Bonchev–Trinajstić information content (AvgIpc) is 2.81. The van der Waals surface area contributed by atoms with Gasteiger partial charge in [0.1, 0.15) is 24.0 Å². The lowest BCUT2D eigenvalue weighted by Crippen LogP contribution is -2.14. The fourth-order valence-corrected chi connectivity index (χ4v) is 3.82. The normalized spacial score (nSPS) is 11.0. The van der Waals surface area contributed by atoms with Crippen LogP contribution in [0.2, 0.25) is 15.1 Å². The maximum Gasteiger partial charge on any atom is 0.266 e. The highest BCUT2D eigenvalue weighted by atomic mass is 35.5. The number of hydrogen-bond acceptors (Lipinski definition) is 3. The molecule has 0 spiro atoms. The van der Waals surface area contributed by atoms with Gasteiger partial charge in [-0.2, -0.15) is 5.26 Å². The molecule has 1 N–H and O–H groups in total. The van der Waals surface area contributed by atoms with E-state index in [9.17, 15) is 10.1 Å². The highest BCUT2D eigenvalue weighted by molar-refractivity contribution is 6.35. The van der Waals surface area contributed by atoms with Gasteiger partial charge in [-0.3, -0.25) is 4.79 Å². The van der Waals surface area contributed by atoms with Gasteiger partial charge in [0.25, 0.3) is 5.91 Å². The van der Waals surface area contributed by atoms with Crippen molar-refractivity contribution in [3.63, 3.8) is 0 Å². The summed E-state index contributed by atoms with van der Waals surface area (Å²) in [4.78, 5) is 12.7. The minimum atomic E-state index is -0.518. The van der Waals surface area contributed by atoms with Crippen molar-refractivity contribution in [2.75, 3.05) is 5.32 Å². The van der Waals surface area contributed by atoms with Gasteiger partial charge in [0, 0.05) is 26.3 Å². The zero-order valence-electron chi connectivity index (χ0n) is 18.4. The molecule has 0 bridgehead atoms. The summed E-state index contributed by atoms with van der Waals surface area (Å²) in [5, 5.41) is 13.9. The van der Waals surface area contributed by atoms with Gasteiger partial charge in [0.2, 0.25) is 0 Å². The predicted molar refractivity (Wildman–Crippen MR) is 140 cm³/mol. The number of halogens is 3. The van der Waals surface area contributed by atoms with Crippen molar-refractivity contribution in [1.29, 1.82) is 5.26 Å². The topological polar surface area (TPSA) is 62.1 Å². The third-order valence-electron chi connectivity index (χ3n) is 5.04. The monoisotopic (exact) mass is 510 g/mol. The molecule has 0 aromatic heterocycles. The minimum Gasteiger partial charge on any atom is -0.489 e. The Balaban J connectivity index is 1.82. The molecular weight excluding hydrogens is 491 g/mol. The third-order valence-corrected chi connectivity index (χ3v) is 6.04. The van der Waals surface area contributed by atoms with E-state index in [4.69, 9.17) is 39.5 Å². The Morgan fingerprint density at radius 3 is 2.59 bits per heavy atom. The quantitative estimate of drug-likeness (QED) is 0.191. The molecule has 3 aromatic rings. The second-order valence-corrected chi connectivity index (χ2v) is 8.67. The van der Waals surface area contributed by atoms with Crippen LogP contribution in [0.4, 0.5) is 5.69 Å². The molecule has 34 heavy (non-hydrogen) atoms. The van der Waals surface area contributed by atoms with Crippen molar-refractivity contribution in [2.24, 2.45) is 0 Å². The van der Waals surface area contributed by atoms with Gasteiger partial charge >= 0.3 is 0 Å². The Morgan fingerprint density at radius 2 is 1.88 bits per heavy atom. The molecule has 0 atom stereocenters. The summed E-state index contributed by atoms with van der Waals surface area (Å²) < 4.78 is 5.98. The summed E-state index contributed by atoms with van der Waals surface area (Å²) >= 11 is 18.3. The number of allylic oxidation sites excluding steroid dienone is 1. The molecule has 0 unspecified atom stereocenters. The Hall–Kier alpha value is -3.23. The first kappa shape index (κ1) is 25.4. The fourth-order valence-electron chi connectivity index (χ4n) is 3.19. The highest BCUT2D eigenvalue weighted by Crippen LogP contribution is 2.27. The van der Waals surface area contributed by atoms with Crippen LogP contribution >= 0.6 is 34.8 Å². The van der Waals surface area contributed by atoms with Crippen molar-refractivity contribution in [1.82, 2.24) is 0 Å². The summed E-state index contributed by atoms with van der Waals surface area (Å²) in [7, 11) is 0. The summed E-state index contributed by atoms with van der Waals surface area (Å²) in [6, 6.07) is 17.8. The highest BCUT2D eigenvalue weighted by Gasteiger charge is 2.13. The van der Waals surface area contributed by atoms with E-state index in [0.717, 1.165) is 16.7 Å². The predicted octanol–water partition coefficient (Wildman–Crippen LogP) is 7.81. The van der Waals surface area contributed by atoms with Crippen LogP contribution in [0.5, 0.6) is 5.75 Å². The van der Waals surface area contributed by atoms with Crippen LogP contribution in [-0.4, -0.2) is 5.91 Å². The van der Waals surface area contributed by atoms with E-state index in [1.165, 1.54) is 6.08 Å². The number of carbonyl (C=O) groups excluding carboxylic acids is 1. The van der Waals surface area contributed by atoms with Crippen LogP contribution in [0.1, 0.15) is 22.3 Å². The second kappa shape index (κ2) is 11.8. The fraction of sp³-hybridized carbons (Fsp3) is 0.111. The Bertz CT molecular complexity index is 1310. The Morgan fingerprint density at radius 1 is 1.09 bits per heavy atom. The van der Waals surface area contributed by atoms with E-state index in [2.05, 4.69) is 11.9 Å². The SMILES string of the molecule is C=CCc1cc(/C=C(\C#N)C(=O)Nc2cccc(Cl)c2C)ccc1OCc1ccc(Cl)cc1Cl. The van der Waals surface area contributed by atoms with Crippen molar-refractivity contribution < 1.29 is 9.53 Å². The second-order valence-electron chi connectivity index (χ2n) is 7.42. The van der Waals surface area contributed by atoms with Crippen LogP contribution in [0, 0.1) is 18.3 Å². The molecule has 0 saturated heterocycles. The Labute approximate surface area is 214 Å². The third kappa shape index (κ3) is 6.42. The van der Waals surface area contributed by atoms with Gasteiger partial charge < -0.3 is 10.1 Å². The van der Waals surface area contributed by atoms with Crippen molar-refractivity contribution in [2.45, 2.75) is 20.0 Å². The van der Waals surface area contributed by atoms with Gasteiger partial charge in [0.05, 0.1) is 0 Å². The van der Waals surface area contributed by atoms with E-state index in [1.54, 1.807) is 55.5 Å². The minimum absolute atomic E-state index is 0.0365. The van der Waals surface area contributed by atoms with Crippen LogP contribution in [-0.2, 0) is 17.8 Å². The Kier molecular flexibility index (Phi) is 8.79. The summed E-state index contributed by atoms with van der Waals surface area (Å²) in [5.41, 5.74) is 3.59. The number of anilines is 1. The summed E-state index contributed by atoms with van der Waals surface area (Å²) in [5.74, 6) is 0.136. The van der Waals surface area contributed by atoms with E-state index in [-0.39, 0.29) is 12.2 Å². The molecule has 0 aliphatic heterocycles. The number of carbonyl (C=O) groups is 1.